The van der Waals surface area contributed by atoms with Gasteiger partial charge < -0.3 is 9.47 Å². The molecule has 0 aromatic heterocycles. The summed E-state index contributed by atoms with van der Waals surface area (Å²) in [6.07, 6.45) is -0.0508. The Balaban J connectivity index is 3.56. The summed E-state index contributed by atoms with van der Waals surface area (Å²) in [6.45, 7) is 10.6. The minimum absolute atomic E-state index is 0.0254. The normalized spacial score (nSPS) is 9.22. The third-order valence-corrected chi connectivity index (χ3v) is 1.54. The molecule has 0 aliphatic heterocycles. The highest BCUT2D eigenvalue weighted by molar-refractivity contribution is 5.72. The van der Waals surface area contributed by atoms with Crippen molar-refractivity contribution in [1.82, 2.24) is 0 Å². The van der Waals surface area contributed by atoms with Gasteiger partial charge in [0.25, 0.3) is 0 Å². The van der Waals surface area contributed by atoms with E-state index in [1.54, 1.807) is 13.8 Å². The molecule has 0 spiro atoms. The average Bonchev–Trinajstić information content (AvgIpc) is 2.25. The quantitative estimate of drug-likeness (QED) is 0.376. The highest BCUT2D eigenvalue weighted by atomic mass is 17.2. The summed E-state index contributed by atoms with van der Waals surface area (Å²) in [5.41, 5.74) is 0. The van der Waals surface area contributed by atoms with Crippen LogP contribution in [0.5, 0.6) is 0 Å². The molecule has 0 N–H and O–H groups in total. The highest BCUT2D eigenvalue weighted by Gasteiger charge is 2.10. The van der Waals surface area contributed by atoms with Crippen molar-refractivity contribution in [3.63, 3.8) is 0 Å². The first kappa shape index (κ1) is 16.0. The van der Waals surface area contributed by atoms with E-state index >= 15 is 0 Å². The third kappa shape index (κ3) is 10.5. The SMILES string of the molecule is C=C(C)OCCC(=O)OOC(=O)CCOC(=C)C. The minimum atomic E-state index is -0.689. The van der Waals surface area contributed by atoms with Crippen LogP contribution < -0.4 is 0 Å². The van der Waals surface area contributed by atoms with Gasteiger partial charge in [0.05, 0.1) is 37.6 Å². The lowest BCUT2D eigenvalue weighted by Crippen LogP contribution is -2.14. The molecular formula is C12H18O6. The zero-order chi connectivity index (χ0) is 14.0. The summed E-state index contributed by atoms with van der Waals surface area (Å²) in [4.78, 5) is 30.6. The summed E-state index contributed by atoms with van der Waals surface area (Å²) in [5.74, 6) is -0.385. The smallest absolute Gasteiger partial charge is 0.358 e. The molecule has 0 aliphatic rings. The molecule has 18 heavy (non-hydrogen) atoms. The third-order valence-electron chi connectivity index (χ3n) is 1.54. The first-order chi connectivity index (χ1) is 8.41. The maximum atomic E-state index is 11.1. The van der Waals surface area contributed by atoms with Crippen molar-refractivity contribution in [2.24, 2.45) is 0 Å². The fourth-order valence-corrected chi connectivity index (χ4v) is 0.793. The molecule has 0 amide bonds. The van der Waals surface area contributed by atoms with Crippen LogP contribution in [-0.2, 0) is 28.8 Å². The first-order valence-electron chi connectivity index (χ1n) is 5.38. The van der Waals surface area contributed by atoms with Gasteiger partial charge in [-0.3, -0.25) is 0 Å². The second-order valence-corrected chi connectivity index (χ2v) is 3.51. The van der Waals surface area contributed by atoms with Gasteiger partial charge in [0.15, 0.2) is 0 Å². The van der Waals surface area contributed by atoms with Gasteiger partial charge in [-0.2, -0.15) is 0 Å². The van der Waals surface area contributed by atoms with Crippen molar-refractivity contribution < 1.29 is 28.8 Å². The molecule has 0 fully saturated rings. The largest absolute Gasteiger partial charge is 0.498 e. The van der Waals surface area contributed by atoms with Crippen molar-refractivity contribution in [3.8, 4) is 0 Å². The Hall–Kier alpha value is -1.98. The number of carbonyl (C=O) groups excluding carboxylic acids is 2. The standard InChI is InChI=1S/C12H18O6/c1-9(2)15-7-5-11(13)17-18-12(14)6-8-16-10(3)4/h1,3,5-8H2,2,4H3. The van der Waals surface area contributed by atoms with E-state index in [0.717, 1.165) is 0 Å². The molecule has 6 nitrogen and oxygen atoms in total. The van der Waals surface area contributed by atoms with Gasteiger partial charge in [-0.1, -0.05) is 13.2 Å². The zero-order valence-electron chi connectivity index (χ0n) is 10.7. The molecule has 102 valence electrons. The molecule has 0 radical (unpaired) electrons. The average molecular weight is 258 g/mol. The number of rotatable bonds is 8. The van der Waals surface area contributed by atoms with Gasteiger partial charge >= 0.3 is 11.9 Å². The molecule has 0 saturated carbocycles. The molecule has 0 heterocycles. The summed E-state index contributed by atoms with van der Waals surface area (Å²) in [5, 5.41) is 0. The maximum Gasteiger partial charge on any atom is 0.358 e. The fourth-order valence-electron chi connectivity index (χ4n) is 0.793. The number of ether oxygens (including phenoxy) is 2. The maximum absolute atomic E-state index is 11.1. The molecule has 0 aromatic carbocycles. The van der Waals surface area contributed by atoms with Crippen molar-refractivity contribution >= 4 is 11.9 Å². The van der Waals surface area contributed by atoms with Crippen molar-refractivity contribution in [2.75, 3.05) is 13.2 Å². The molecule has 0 rings (SSSR count). The number of carbonyl (C=O) groups is 2. The van der Waals surface area contributed by atoms with E-state index in [9.17, 15) is 9.59 Å². The summed E-state index contributed by atoms with van der Waals surface area (Å²) < 4.78 is 9.89. The first-order valence-corrected chi connectivity index (χ1v) is 5.38. The van der Waals surface area contributed by atoms with Crippen LogP contribution in [0, 0.1) is 0 Å². The molecule has 0 aliphatic carbocycles. The van der Waals surface area contributed by atoms with E-state index < -0.39 is 11.9 Å². The van der Waals surface area contributed by atoms with E-state index in [4.69, 9.17) is 9.47 Å². The fraction of sp³-hybridized carbons (Fsp3) is 0.500. The Labute approximate surface area is 106 Å². The van der Waals surface area contributed by atoms with E-state index in [1.807, 2.05) is 0 Å². The number of hydrogen-bond acceptors (Lipinski definition) is 6. The molecular weight excluding hydrogens is 240 g/mol. The Morgan fingerprint density at radius 3 is 1.44 bits per heavy atom. The lowest BCUT2D eigenvalue weighted by Gasteiger charge is -2.05. The van der Waals surface area contributed by atoms with Gasteiger partial charge in [0.1, 0.15) is 0 Å². The van der Waals surface area contributed by atoms with Crippen LogP contribution in [0.2, 0.25) is 0 Å². The Morgan fingerprint density at radius 1 is 0.833 bits per heavy atom. The van der Waals surface area contributed by atoms with Gasteiger partial charge in [-0.15, -0.1) is 0 Å². The second kappa shape index (κ2) is 9.09. The van der Waals surface area contributed by atoms with Crippen LogP contribution in [0.15, 0.2) is 24.7 Å². The lowest BCUT2D eigenvalue weighted by molar-refractivity contribution is -0.259. The van der Waals surface area contributed by atoms with E-state index in [0.29, 0.717) is 11.5 Å². The number of allylic oxidation sites excluding steroid dienone is 2. The minimum Gasteiger partial charge on any atom is -0.498 e. The van der Waals surface area contributed by atoms with Gasteiger partial charge in [-0.25, -0.2) is 19.4 Å². The highest BCUT2D eigenvalue weighted by Crippen LogP contribution is 1.98. The van der Waals surface area contributed by atoms with E-state index in [2.05, 4.69) is 22.9 Å². The van der Waals surface area contributed by atoms with Gasteiger partial charge in [-0.05, 0) is 13.8 Å². The molecule has 0 bridgehead atoms. The molecule has 6 heteroatoms. The Bertz CT molecular complexity index is 289. The van der Waals surface area contributed by atoms with Crippen LogP contribution in [0.4, 0.5) is 0 Å². The van der Waals surface area contributed by atoms with Crippen LogP contribution in [0.3, 0.4) is 0 Å². The molecule has 0 atom stereocenters. The predicted octanol–water partition coefficient (Wildman–Crippen LogP) is 1.87. The summed E-state index contributed by atoms with van der Waals surface area (Å²) in [7, 11) is 0. The van der Waals surface area contributed by atoms with Crippen LogP contribution in [0.25, 0.3) is 0 Å². The molecule has 0 saturated heterocycles. The van der Waals surface area contributed by atoms with Crippen molar-refractivity contribution in [1.29, 1.82) is 0 Å². The van der Waals surface area contributed by atoms with Crippen molar-refractivity contribution in [2.45, 2.75) is 26.7 Å². The molecule has 0 aromatic rings. The van der Waals surface area contributed by atoms with Crippen molar-refractivity contribution in [3.05, 3.63) is 24.7 Å². The van der Waals surface area contributed by atoms with Crippen LogP contribution >= 0.6 is 0 Å². The lowest BCUT2D eigenvalue weighted by atomic mass is 10.4. The number of hydrogen-bond donors (Lipinski definition) is 0. The second-order valence-electron chi connectivity index (χ2n) is 3.51. The summed E-state index contributed by atoms with van der Waals surface area (Å²) in [6, 6.07) is 0. The van der Waals surface area contributed by atoms with E-state index in [1.165, 1.54) is 0 Å². The zero-order valence-corrected chi connectivity index (χ0v) is 10.7. The predicted molar refractivity (Wildman–Crippen MR) is 63.0 cm³/mol. The monoisotopic (exact) mass is 258 g/mol. The van der Waals surface area contributed by atoms with Gasteiger partial charge in [0, 0.05) is 0 Å². The Morgan fingerprint density at radius 2 is 1.17 bits per heavy atom. The van der Waals surface area contributed by atoms with Crippen LogP contribution in [0.1, 0.15) is 26.7 Å². The van der Waals surface area contributed by atoms with Gasteiger partial charge in [0.2, 0.25) is 0 Å². The topological polar surface area (TPSA) is 71.1 Å². The Kier molecular flexibility index (Phi) is 8.09. The van der Waals surface area contributed by atoms with E-state index in [-0.39, 0.29) is 26.1 Å². The van der Waals surface area contributed by atoms with Crippen LogP contribution in [-0.4, -0.2) is 25.2 Å². The summed E-state index contributed by atoms with van der Waals surface area (Å²) >= 11 is 0. The molecule has 0 unspecified atom stereocenters.